The maximum Gasteiger partial charge on any atom is 0.191 e. The Morgan fingerprint density at radius 3 is 2.83 bits per heavy atom. The van der Waals surface area contributed by atoms with Gasteiger partial charge in [-0.25, -0.2) is 0 Å². The maximum absolute atomic E-state index is 5.60. The quantitative estimate of drug-likeness (QED) is 0.570. The van der Waals surface area contributed by atoms with Crippen LogP contribution in [0.4, 0.5) is 0 Å². The minimum Gasteiger partial charge on any atom is -0.493 e. The van der Waals surface area contributed by atoms with E-state index in [1.807, 2.05) is 7.05 Å². The SMILES string of the molecule is CN=C(NCCc1ccc2c(c1)CCO2)NC1CCN(Cc2ccccc2)C(C)C1. The summed E-state index contributed by atoms with van der Waals surface area (Å²) < 4.78 is 5.60. The second-order valence-electron chi connectivity index (χ2n) is 8.46. The van der Waals surface area contributed by atoms with E-state index in [0.717, 1.165) is 63.6 Å². The molecular weight excluding hydrogens is 372 g/mol. The first-order valence-electron chi connectivity index (χ1n) is 11.2. The molecule has 2 aromatic rings. The smallest absolute Gasteiger partial charge is 0.191 e. The average molecular weight is 407 g/mol. The van der Waals surface area contributed by atoms with Gasteiger partial charge in [-0.2, -0.15) is 0 Å². The van der Waals surface area contributed by atoms with Gasteiger partial charge in [0.25, 0.3) is 0 Å². The molecule has 0 amide bonds. The van der Waals surface area contributed by atoms with E-state index in [-0.39, 0.29) is 0 Å². The molecule has 5 heteroatoms. The van der Waals surface area contributed by atoms with Crippen LogP contribution in [-0.4, -0.2) is 49.7 Å². The van der Waals surface area contributed by atoms with Crippen molar-refractivity contribution in [2.75, 3.05) is 26.7 Å². The van der Waals surface area contributed by atoms with Gasteiger partial charge in [0.1, 0.15) is 5.75 Å². The van der Waals surface area contributed by atoms with Crippen molar-refractivity contribution in [2.45, 2.75) is 51.2 Å². The number of ether oxygens (including phenoxy) is 1. The van der Waals surface area contributed by atoms with Crippen LogP contribution in [0.1, 0.15) is 36.5 Å². The highest BCUT2D eigenvalue weighted by Crippen LogP contribution is 2.26. The molecule has 2 aromatic carbocycles. The first kappa shape index (κ1) is 20.7. The zero-order valence-corrected chi connectivity index (χ0v) is 18.2. The van der Waals surface area contributed by atoms with Gasteiger partial charge in [-0.1, -0.05) is 42.5 Å². The average Bonchev–Trinajstić information content (AvgIpc) is 3.23. The van der Waals surface area contributed by atoms with Gasteiger partial charge in [0.15, 0.2) is 5.96 Å². The van der Waals surface area contributed by atoms with Crippen LogP contribution in [0.25, 0.3) is 0 Å². The second-order valence-corrected chi connectivity index (χ2v) is 8.46. The molecule has 1 fully saturated rings. The third-order valence-electron chi connectivity index (χ3n) is 6.27. The van der Waals surface area contributed by atoms with Gasteiger partial charge in [0, 0.05) is 45.2 Å². The Balaban J connectivity index is 1.21. The van der Waals surface area contributed by atoms with Crippen molar-refractivity contribution in [1.29, 1.82) is 0 Å². The third kappa shape index (κ3) is 5.33. The normalized spacial score (nSPS) is 21.7. The van der Waals surface area contributed by atoms with E-state index < -0.39 is 0 Å². The molecule has 0 spiro atoms. The van der Waals surface area contributed by atoms with Crippen molar-refractivity contribution >= 4 is 5.96 Å². The summed E-state index contributed by atoms with van der Waals surface area (Å²) in [5, 5.41) is 7.13. The van der Waals surface area contributed by atoms with Gasteiger partial charge in [0.2, 0.25) is 0 Å². The summed E-state index contributed by atoms with van der Waals surface area (Å²) in [4.78, 5) is 7.03. The van der Waals surface area contributed by atoms with Crippen LogP contribution in [0.15, 0.2) is 53.5 Å². The number of aliphatic imine (C=N–C) groups is 1. The lowest BCUT2D eigenvalue weighted by Gasteiger charge is -2.38. The molecule has 0 radical (unpaired) electrons. The van der Waals surface area contributed by atoms with E-state index in [2.05, 4.69) is 76.0 Å². The molecule has 4 rings (SSSR count). The first-order chi connectivity index (χ1) is 14.7. The van der Waals surface area contributed by atoms with Crippen LogP contribution >= 0.6 is 0 Å². The molecule has 2 heterocycles. The largest absolute Gasteiger partial charge is 0.493 e. The number of nitrogens with one attached hydrogen (secondary N) is 2. The van der Waals surface area contributed by atoms with E-state index in [1.165, 1.54) is 16.7 Å². The molecule has 0 saturated carbocycles. The van der Waals surface area contributed by atoms with Crippen molar-refractivity contribution < 1.29 is 4.74 Å². The highest BCUT2D eigenvalue weighted by atomic mass is 16.5. The summed E-state index contributed by atoms with van der Waals surface area (Å²) in [6.45, 7) is 6.18. The zero-order valence-electron chi connectivity index (χ0n) is 18.2. The molecular formula is C25H34N4O. The summed E-state index contributed by atoms with van der Waals surface area (Å²) in [7, 11) is 1.86. The Morgan fingerprint density at radius 2 is 2.03 bits per heavy atom. The standard InChI is InChI=1S/C25H34N4O/c1-19-16-23(11-14-29(19)18-21-6-4-3-5-7-21)28-25(26-2)27-13-10-20-8-9-24-22(17-20)12-15-30-24/h3-9,17,19,23H,10-16,18H2,1-2H3,(H2,26,27,28). The van der Waals surface area contributed by atoms with Crippen LogP contribution in [0.5, 0.6) is 5.75 Å². The molecule has 0 bridgehead atoms. The number of hydrogen-bond donors (Lipinski definition) is 2. The number of benzene rings is 2. The molecule has 2 unspecified atom stereocenters. The molecule has 160 valence electrons. The van der Waals surface area contributed by atoms with Crippen molar-refractivity contribution in [3.05, 3.63) is 65.2 Å². The van der Waals surface area contributed by atoms with Crippen LogP contribution < -0.4 is 15.4 Å². The fourth-order valence-electron chi connectivity index (χ4n) is 4.51. The number of guanidine groups is 1. The number of fused-ring (bicyclic) bond motifs is 1. The predicted molar refractivity (Wildman–Crippen MR) is 123 cm³/mol. The molecule has 0 aromatic heterocycles. The Labute approximate surface area is 180 Å². The van der Waals surface area contributed by atoms with Crippen molar-refractivity contribution in [3.63, 3.8) is 0 Å². The van der Waals surface area contributed by atoms with Gasteiger partial charge < -0.3 is 15.4 Å². The molecule has 0 aliphatic carbocycles. The first-order valence-corrected chi connectivity index (χ1v) is 11.2. The van der Waals surface area contributed by atoms with E-state index in [0.29, 0.717) is 12.1 Å². The van der Waals surface area contributed by atoms with Crippen LogP contribution in [0, 0.1) is 0 Å². The molecule has 2 atom stereocenters. The van der Waals surface area contributed by atoms with Crippen LogP contribution in [0.2, 0.25) is 0 Å². The Kier molecular flexibility index (Phi) is 6.90. The number of hydrogen-bond acceptors (Lipinski definition) is 3. The summed E-state index contributed by atoms with van der Waals surface area (Å²) in [6, 6.07) is 18.4. The minimum atomic E-state index is 0.468. The lowest BCUT2D eigenvalue weighted by atomic mass is 9.97. The monoisotopic (exact) mass is 406 g/mol. The molecule has 30 heavy (non-hydrogen) atoms. The fourth-order valence-corrected chi connectivity index (χ4v) is 4.51. The number of piperidine rings is 1. The highest BCUT2D eigenvalue weighted by molar-refractivity contribution is 5.80. The highest BCUT2D eigenvalue weighted by Gasteiger charge is 2.25. The van der Waals surface area contributed by atoms with Gasteiger partial charge in [-0.15, -0.1) is 0 Å². The molecule has 2 N–H and O–H groups in total. The van der Waals surface area contributed by atoms with Crippen molar-refractivity contribution in [2.24, 2.45) is 4.99 Å². The molecule has 2 aliphatic heterocycles. The summed E-state index contributed by atoms with van der Waals surface area (Å²) >= 11 is 0. The number of likely N-dealkylation sites (tertiary alicyclic amines) is 1. The Bertz CT molecular complexity index is 851. The fraction of sp³-hybridized carbons (Fsp3) is 0.480. The zero-order chi connectivity index (χ0) is 20.8. The minimum absolute atomic E-state index is 0.468. The number of rotatable bonds is 6. The topological polar surface area (TPSA) is 48.9 Å². The third-order valence-corrected chi connectivity index (χ3v) is 6.27. The Hall–Kier alpha value is -2.53. The van der Waals surface area contributed by atoms with Crippen LogP contribution in [0.3, 0.4) is 0 Å². The van der Waals surface area contributed by atoms with E-state index >= 15 is 0 Å². The van der Waals surface area contributed by atoms with Crippen molar-refractivity contribution in [3.8, 4) is 5.75 Å². The Morgan fingerprint density at radius 1 is 1.17 bits per heavy atom. The molecule has 5 nitrogen and oxygen atoms in total. The lowest BCUT2D eigenvalue weighted by molar-refractivity contribution is 0.134. The van der Waals surface area contributed by atoms with Gasteiger partial charge in [-0.05, 0) is 48.9 Å². The van der Waals surface area contributed by atoms with Crippen molar-refractivity contribution in [1.82, 2.24) is 15.5 Å². The van der Waals surface area contributed by atoms with Gasteiger partial charge in [-0.3, -0.25) is 9.89 Å². The van der Waals surface area contributed by atoms with E-state index in [4.69, 9.17) is 4.74 Å². The van der Waals surface area contributed by atoms with Crippen LogP contribution in [-0.2, 0) is 19.4 Å². The van der Waals surface area contributed by atoms with E-state index in [9.17, 15) is 0 Å². The summed E-state index contributed by atoms with van der Waals surface area (Å²) in [5.74, 6) is 1.96. The number of nitrogens with zero attached hydrogens (tertiary/aromatic N) is 2. The summed E-state index contributed by atoms with van der Waals surface area (Å²) in [5.41, 5.74) is 4.09. The maximum atomic E-state index is 5.60. The lowest BCUT2D eigenvalue weighted by Crippen LogP contribution is -2.51. The van der Waals surface area contributed by atoms with Gasteiger partial charge in [0.05, 0.1) is 6.61 Å². The second kappa shape index (κ2) is 9.98. The summed E-state index contributed by atoms with van der Waals surface area (Å²) in [6.07, 6.45) is 4.29. The predicted octanol–water partition coefficient (Wildman–Crippen LogP) is 3.38. The van der Waals surface area contributed by atoms with Gasteiger partial charge >= 0.3 is 0 Å². The molecule has 2 aliphatic rings. The van der Waals surface area contributed by atoms with E-state index in [1.54, 1.807) is 0 Å². The molecule has 1 saturated heterocycles.